The van der Waals surface area contributed by atoms with Gasteiger partial charge in [0.25, 0.3) is 5.91 Å². The van der Waals surface area contributed by atoms with Crippen molar-refractivity contribution in [3.63, 3.8) is 0 Å². The van der Waals surface area contributed by atoms with Crippen molar-refractivity contribution < 1.29 is 9.18 Å². The summed E-state index contributed by atoms with van der Waals surface area (Å²) in [4.78, 5) is 34.4. The second kappa shape index (κ2) is 10.3. The number of aromatic amines is 1. The van der Waals surface area contributed by atoms with Crippen LogP contribution < -0.4 is 15.1 Å². The summed E-state index contributed by atoms with van der Waals surface area (Å²) in [6.07, 6.45) is 5.39. The van der Waals surface area contributed by atoms with Crippen LogP contribution in [0.2, 0.25) is 0 Å². The summed E-state index contributed by atoms with van der Waals surface area (Å²) in [5.41, 5.74) is 7.38. The fourth-order valence-electron chi connectivity index (χ4n) is 5.75. The molecule has 0 unspecified atom stereocenters. The SMILES string of the molecule is Cc1cnc(Nc2cc(C)n(C)n2)nc1-c1c[nH]c2c(N3Cc4c(-c5ccnc(N(C)C)c5)ccc(F)c4C3=O)cccc12. The molecule has 0 radical (unpaired) electrons. The van der Waals surface area contributed by atoms with Crippen LogP contribution in [-0.4, -0.2) is 49.7 Å². The van der Waals surface area contributed by atoms with E-state index in [4.69, 9.17) is 4.98 Å². The quantitative estimate of drug-likeness (QED) is 0.241. The molecule has 10 nitrogen and oxygen atoms in total. The summed E-state index contributed by atoms with van der Waals surface area (Å²) in [6.45, 7) is 4.17. The molecule has 0 saturated heterocycles. The number of H-pyrrole nitrogens is 1. The second-order valence-corrected chi connectivity index (χ2v) is 11.2. The number of carbonyl (C=O) groups is 1. The highest BCUT2D eigenvalue weighted by atomic mass is 19.1. The average Bonchev–Trinajstić information content (AvgIpc) is 3.69. The summed E-state index contributed by atoms with van der Waals surface area (Å²) in [5, 5.41) is 8.52. The maximum absolute atomic E-state index is 15.2. The third-order valence-corrected chi connectivity index (χ3v) is 8.12. The predicted octanol–water partition coefficient (Wildman–Crippen LogP) is 6.15. The summed E-state index contributed by atoms with van der Waals surface area (Å²) in [7, 11) is 5.71. The second-order valence-electron chi connectivity index (χ2n) is 11.2. The van der Waals surface area contributed by atoms with Crippen molar-refractivity contribution in [2.75, 3.05) is 29.2 Å². The van der Waals surface area contributed by atoms with Gasteiger partial charge in [-0.15, -0.1) is 0 Å². The van der Waals surface area contributed by atoms with Crippen molar-refractivity contribution in [2.24, 2.45) is 7.05 Å². The number of amides is 1. The smallest absolute Gasteiger partial charge is 0.262 e. The van der Waals surface area contributed by atoms with E-state index in [1.165, 1.54) is 6.07 Å². The number of para-hydroxylation sites is 1. The molecule has 220 valence electrons. The Morgan fingerprint density at radius 2 is 1.89 bits per heavy atom. The Hall–Kier alpha value is -5.58. The van der Waals surface area contributed by atoms with Gasteiger partial charge in [0, 0.05) is 62.4 Å². The Labute approximate surface area is 253 Å². The minimum atomic E-state index is -0.530. The molecule has 2 N–H and O–H groups in total. The first kappa shape index (κ1) is 27.3. The highest BCUT2D eigenvalue weighted by molar-refractivity contribution is 6.15. The van der Waals surface area contributed by atoms with Crippen molar-refractivity contribution >= 4 is 40.1 Å². The lowest BCUT2D eigenvalue weighted by Gasteiger charge is -2.17. The Bertz CT molecular complexity index is 2080. The van der Waals surface area contributed by atoms with Crippen molar-refractivity contribution in [3.05, 3.63) is 95.3 Å². The number of fused-ring (bicyclic) bond motifs is 2. The molecule has 1 aliphatic rings. The van der Waals surface area contributed by atoms with E-state index in [0.29, 0.717) is 23.0 Å². The Morgan fingerprint density at radius 3 is 2.66 bits per heavy atom. The number of anilines is 4. The number of benzene rings is 2. The minimum Gasteiger partial charge on any atom is -0.363 e. The van der Waals surface area contributed by atoms with E-state index in [2.05, 4.69) is 25.4 Å². The number of aryl methyl sites for hydroxylation is 3. The molecule has 44 heavy (non-hydrogen) atoms. The van der Waals surface area contributed by atoms with Gasteiger partial charge in [0.15, 0.2) is 5.82 Å². The minimum absolute atomic E-state index is 0.0987. The van der Waals surface area contributed by atoms with Crippen molar-refractivity contribution in [3.8, 4) is 22.4 Å². The fraction of sp³-hybridized carbons (Fsp3) is 0.182. The van der Waals surface area contributed by atoms with Crippen LogP contribution in [0.25, 0.3) is 33.3 Å². The molecule has 1 amide bonds. The summed E-state index contributed by atoms with van der Waals surface area (Å²) < 4.78 is 17.0. The number of hydrogen-bond donors (Lipinski definition) is 2. The zero-order valence-corrected chi connectivity index (χ0v) is 25.0. The maximum atomic E-state index is 15.2. The van der Waals surface area contributed by atoms with Crippen LogP contribution >= 0.6 is 0 Å². The molecule has 0 spiro atoms. The van der Waals surface area contributed by atoms with Crippen LogP contribution in [0.3, 0.4) is 0 Å². The molecular formula is C33H30FN9O. The third kappa shape index (κ3) is 4.44. The van der Waals surface area contributed by atoms with Crippen LogP contribution in [0.4, 0.5) is 27.7 Å². The lowest BCUT2D eigenvalue weighted by Crippen LogP contribution is -2.23. The Balaban J connectivity index is 1.27. The lowest BCUT2D eigenvalue weighted by molar-refractivity contribution is 0.0993. The molecule has 11 heteroatoms. The van der Waals surface area contributed by atoms with E-state index in [1.807, 2.05) is 82.5 Å². The number of nitrogens with one attached hydrogen (secondary N) is 2. The number of rotatable bonds is 6. The molecule has 0 saturated carbocycles. The van der Waals surface area contributed by atoms with Crippen LogP contribution in [-0.2, 0) is 13.6 Å². The van der Waals surface area contributed by atoms with Gasteiger partial charge in [-0.05, 0) is 60.4 Å². The van der Waals surface area contributed by atoms with Gasteiger partial charge < -0.3 is 20.1 Å². The first-order valence-corrected chi connectivity index (χ1v) is 14.2. The number of carbonyl (C=O) groups excluding carboxylic acids is 1. The molecule has 4 aromatic heterocycles. The predicted molar refractivity (Wildman–Crippen MR) is 170 cm³/mol. The van der Waals surface area contributed by atoms with Gasteiger partial charge in [-0.1, -0.05) is 18.2 Å². The van der Waals surface area contributed by atoms with E-state index in [-0.39, 0.29) is 18.0 Å². The number of halogens is 1. The largest absolute Gasteiger partial charge is 0.363 e. The molecular weight excluding hydrogens is 557 g/mol. The zero-order valence-electron chi connectivity index (χ0n) is 25.0. The highest BCUT2D eigenvalue weighted by Crippen LogP contribution is 2.41. The maximum Gasteiger partial charge on any atom is 0.262 e. The van der Waals surface area contributed by atoms with Gasteiger partial charge in [-0.3, -0.25) is 9.48 Å². The Morgan fingerprint density at radius 1 is 1.05 bits per heavy atom. The van der Waals surface area contributed by atoms with Gasteiger partial charge in [0.2, 0.25) is 5.95 Å². The topological polar surface area (TPSA) is 108 Å². The summed E-state index contributed by atoms with van der Waals surface area (Å²) >= 11 is 0. The van der Waals surface area contributed by atoms with Gasteiger partial charge in [-0.25, -0.2) is 19.3 Å². The molecule has 5 heterocycles. The van der Waals surface area contributed by atoms with Crippen LogP contribution in [0.15, 0.2) is 67.1 Å². The molecule has 6 aromatic rings. The van der Waals surface area contributed by atoms with Gasteiger partial charge in [0.1, 0.15) is 11.6 Å². The lowest BCUT2D eigenvalue weighted by atomic mass is 9.97. The van der Waals surface area contributed by atoms with Crippen LogP contribution in [0.5, 0.6) is 0 Å². The van der Waals surface area contributed by atoms with E-state index in [9.17, 15) is 4.79 Å². The van der Waals surface area contributed by atoms with E-state index in [0.717, 1.165) is 50.4 Å². The first-order chi connectivity index (χ1) is 21.2. The van der Waals surface area contributed by atoms with Gasteiger partial charge in [-0.2, -0.15) is 5.10 Å². The standard InChI is InChI=1S/C33H30FN9O/c1-18-15-37-33(38-27-13-19(2)42(5)40-27)39-30(18)23-16-36-31-22(23)7-6-8-26(31)43-17-24-21(9-10-25(34)29(24)32(43)44)20-11-12-35-28(14-20)41(3)4/h6-16,36H,17H2,1-5H3,(H,37,38,39,40). The Kier molecular flexibility index (Phi) is 6.38. The molecule has 1 aliphatic heterocycles. The van der Waals surface area contributed by atoms with Crippen LogP contribution in [0, 0.1) is 19.7 Å². The monoisotopic (exact) mass is 587 g/mol. The summed E-state index contributed by atoms with van der Waals surface area (Å²) in [5.74, 6) is 0.955. The first-order valence-electron chi connectivity index (χ1n) is 14.2. The zero-order chi connectivity index (χ0) is 30.7. The molecule has 0 aliphatic carbocycles. The number of hydrogen-bond acceptors (Lipinski definition) is 7. The average molecular weight is 588 g/mol. The van der Waals surface area contributed by atoms with Crippen molar-refractivity contribution in [1.82, 2.24) is 29.7 Å². The molecule has 0 bridgehead atoms. The van der Waals surface area contributed by atoms with E-state index in [1.54, 1.807) is 28.0 Å². The fourth-order valence-corrected chi connectivity index (χ4v) is 5.75. The van der Waals surface area contributed by atoms with Gasteiger partial charge in [0.05, 0.1) is 29.0 Å². The number of nitrogens with zero attached hydrogens (tertiary/aromatic N) is 7. The van der Waals surface area contributed by atoms with E-state index >= 15 is 4.39 Å². The highest BCUT2D eigenvalue weighted by Gasteiger charge is 2.35. The molecule has 2 aromatic carbocycles. The number of aromatic nitrogens is 6. The molecule has 0 atom stereocenters. The molecule has 7 rings (SSSR count). The third-order valence-electron chi connectivity index (χ3n) is 8.12. The normalized spacial score (nSPS) is 12.7. The van der Waals surface area contributed by atoms with Crippen molar-refractivity contribution in [2.45, 2.75) is 20.4 Å². The van der Waals surface area contributed by atoms with E-state index < -0.39 is 5.82 Å². The molecule has 0 fully saturated rings. The summed E-state index contributed by atoms with van der Waals surface area (Å²) in [6, 6.07) is 14.6. The number of pyridine rings is 1. The van der Waals surface area contributed by atoms with Crippen LogP contribution in [0.1, 0.15) is 27.2 Å². The van der Waals surface area contributed by atoms with Crippen molar-refractivity contribution in [1.29, 1.82) is 0 Å². The van der Waals surface area contributed by atoms with Gasteiger partial charge >= 0.3 is 0 Å².